The van der Waals surface area contributed by atoms with Crippen molar-refractivity contribution in [3.8, 4) is 0 Å². The zero-order chi connectivity index (χ0) is 15.1. The number of sulfone groups is 1. The highest BCUT2D eigenvalue weighted by molar-refractivity contribution is 8.01. The Kier molecular flexibility index (Phi) is 4.39. The van der Waals surface area contributed by atoms with E-state index in [1.807, 2.05) is 0 Å². The Morgan fingerprint density at radius 3 is 2.35 bits per heavy atom. The summed E-state index contributed by atoms with van der Waals surface area (Å²) in [4.78, 5) is 11.2. The summed E-state index contributed by atoms with van der Waals surface area (Å²) < 4.78 is 49.0. The van der Waals surface area contributed by atoms with Crippen molar-refractivity contribution in [2.24, 2.45) is 0 Å². The summed E-state index contributed by atoms with van der Waals surface area (Å²) in [6.07, 6.45) is 0.0930. The van der Waals surface area contributed by atoms with Crippen molar-refractivity contribution >= 4 is 37.6 Å². The fourth-order valence-electron chi connectivity index (χ4n) is 2.53. The van der Waals surface area contributed by atoms with E-state index < -0.39 is 42.5 Å². The standard InChI is InChI=1S/C10H17NO6S3/c1-7-11(9(6-18-7)10(12)13)20(16,17)8-2-4-19(14,15)5-3-8/h7-9H,2-6H2,1H3,(H,12,13). The number of carboxylic acid groups (broad SMARTS) is 1. The molecule has 7 nitrogen and oxygen atoms in total. The van der Waals surface area contributed by atoms with Crippen LogP contribution in [0.3, 0.4) is 0 Å². The first-order valence-electron chi connectivity index (χ1n) is 6.22. The van der Waals surface area contributed by atoms with E-state index in [1.54, 1.807) is 6.92 Å². The fourth-order valence-corrected chi connectivity index (χ4v) is 8.13. The van der Waals surface area contributed by atoms with Crippen LogP contribution >= 0.6 is 11.8 Å². The van der Waals surface area contributed by atoms with Crippen LogP contribution in [0.1, 0.15) is 19.8 Å². The second-order valence-corrected chi connectivity index (χ2v) is 10.8. The SMILES string of the molecule is CC1SCC(C(=O)O)N1S(=O)(=O)C1CCS(=O)(=O)CC1. The number of rotatable bonds is 3. The lowest BCUT2D eigenvalue weighted by atomic mass is 10.2. The molecule has 0 aromatic rings. The second kappa shape index (κ2) is 5.47. The molecule has 0 aromatic heterocycles. The van der Waals surface area contributed by atoms with Gasteiger partial charge in [0.1, 0.15) is 15.9 Å². The van der Waals surface area contributed by atoms with E-state index in [0.29, 0.717) is 0 Å². The predicted octanol–water partition coefficient (Wildman–Crippen LogP) is -0.259. The maximum Gasteiger partial charge on any atom is 0.322 e. The first kappa shape index (κ1) is 16.1. The molecule has 116 valence electrons. The first-order valence-corrected chi connectivity index (χ1v) is 10.6. The van der Waals surface area contributed by atoms with E-state index in [-0.39, 0.29) is 30.1 Å². The van der Waals surface area contributed by atoms with Crippen LogP contribution in [-0.4, -0.2) is 66.1 Å². The summed E-state index contributed by atoms with van der Waals surface area (Å²) in [5.41, 5.74) is 0. The van der Waals surface area contributed by atoms with Gasteiger partial charge in [0.05, 0.1) is 22.1 Å². The highest BCUT2D eigenvalue weighted by Gasteiger charge is 2.47. The zero-order valence-corrected chi connectivity index (χ0v) is 13.4. The van der Waals surface area contributed by atoms with Crippen molar-refractivity contribution in [2.75, 3.05) is 17.3 Å². The van der Waals surface area contributed by atoms with Crippen LogP contribution in [0.2, 0.25) is 0 Å². The molecule has 2 atom stereocenters. The Morgan fingerprint density at radius 1 is 1.30 bits per heavy atom. The van der Waals surface area contributed by atoms with Gasteiger partial charge in [-0.25, -0.2) is 16.8 Å². The third-order valence-electron chi connectivity index (χ3n) is 3.66. The van der Waals surface area contributed by atoms with Gasteiger partial charge in [-0.05, 0) is 19.8 Å². The van der Waals surface area contributed by atoms with Gasteiger partial charge < -0.3 is 5.11 Å². The summed E-state index contributed by atoms with van der Waals surface area (Å²) in [7, 11) is -6.94. The van der Waals surface area contributed by atoms with Crippen LogP contribution in [0.15, 0.2) is 0 Å². The lowest BCUT2D eigenvalue weighted by Crippen LogP contribution is -2.50. The van der Waals surface area contributed by atoms with Gasteiger partial charge in [-0.3, -0.25) is 4.79 Å². The number of carboxylic acids is 1. The van der Waals surface area contributed by atoms with Crippen molar-refractivity contribution in [1.82, 2.24) is 4.31 Å². The number of thioether (sulfide) groups is 1. The lowest BCUT2D eigenvalue weighted by molar-refractivity contribution is -0.140. The molecule has 0 aromatic carbocycles. The summed E-state index contributed by atoms with van der Waals surface area (Å²) in [6.45, 7) is 1.66. The van der Waals surface area contributed by atoms with Crippen molar-refractivity contribution in [3.63, 3.8) is 0 Å². The minimum atomic E-state index is -3.79. The molecule has 10 heteroatoms. The highest BCUT2D eigenvalue weighted by Crippen LogP contribution is 2.35. The molecule has 2 aliphatic rings. The molecule has 1 N–H and O–H groups in total. The molecular formula is C10H17NO6S3. The van der Waals surface area contributed by atoms with Crippen LogP contribution < -0.4 is 0 Å². The number of sulfonamides is 1. The minimum absolute atomic E-state index is 0.0465. The van der Waals surface area contributed by atoms with Gasteiger partial charge in [0.15, 0.2) is 0 Å². The summed E-state index contributed by atoms with van der Waals surface area (Å²) in [6, 6.07) is -1.06. The molecular weight excluding hydrogens is 326 g/mol. The van der Waals surface area contributed by atoms with E-state index >= 15 is 0 Å². The molecule has 0 radical (unpaired) electrons. The first-order chi connectivity index (χ1) is 9.15. The number of aliphatic carboxylic acids is 1. The molecule has 0 saturated carbocycles. The van der Waals surface area contributed by atoms with Gasteiger partial charge in [-0.1, -0.05) is 0 Å². The molecule has 0 amide bonds. The highest BCUT2D eigenvalue weighted by atomic mass is 32.2. The van der Waals surface area contributed by atoms with E-state index in [1.165, 1.54) is 11.8 Å². The van der Waals surface area contributed by atoms with Gasteiger partial charge >= 0.3 is 5.97 Å². The zero-order valence-electron chi connectivity index (χ0n) is 10.9. The molecule has 2 fully saturated rings. The van der Waals surface area contributed by atoms with Crippen LogP contribution in [-0.2, 0) is 24.7 Å². The van der Waals surface area contributed by atoms with Gasteiger partial charge in [0.2, 0.25) is 10.0 Å². The Hall–Kier alpha value is -0.320. The molecule has 2 unspecified atom stereocenters. The number of hydrogen-bond donors (Lipinski definition) is 1. The van der Waals surface area contributed by atoms with Gasteiger partial charge in [0, 0.05) is 5.75 Å². The molecule has 2 heterocycles. The van der Waals surface area contributed by atoms with Crippen LogP contribution in [0.5, 0.6) is 0 Å². The van der Waals surface area contributed by atoms with E-state index in [4.69, 9.17) is 5.11 Å². The molecule has 2 aliphatic heterocycles. The molecule has 0 bridgehead atoms. The Morgan fingerprint density at radius 2 is 1.85 bits per heavy atom. The Bertz CT molecular complexity index is 584. The Labute approximate surface area is 122 Å². The van der Waals surface area contributed by atoms with Crippen LogP contribution in [0.25, 0.3) is 0 Å². The van der Waals surface area contributed by atoms with Crippen LogP contribution in [0.4, 0.5) is 0 Å². The maximum atomic E-state index is 12.6. The lowest BCUT2D eigenvalue weighted by Gasteiger charge is -2.30. The van der Waals surface area contributed by atoms with Crippen molar-refractivity contribution in [1.29, 1.82) is 0 Å². The third-order valence-corrected chi connectivity index (χ3v) is 9.20. The monoisotopic (exact) mass is 343 g/mol. The van der Waals surface area contributed by atoms with Gasteiger partial charge in [0.25, 0.3) is 0 Å². The average molecular weight is 343 g/mol. The average Bonchev–Trinajstić information content (AvgIpc) is 2.71. The maximum absolute atomic E-state index is 12.6. The molecule has 20 heavy (non-hydrogen) atoms. The normalized spacial score (nSPS) is 32.2. The van der Waals surface area contributed by atoms with Crippen molar-refractivity contribution in [3.05, 3.63) is 0 Å². The Balaban J connectivity index is 2.23. The summed E-state index contributed by atoms with van der Waals surface area (Å²) in [5, 5.41) is 7.90. The van der Waals surface area contributed by atoms with Gasteiger partial charge in [-0.15, -0.1) is 11.8 Å². The van der Waals surface area contributed by atoms with Crippen LogP contribution in [0, 0.1) is 0 Å². The second-order valence-electron chi connectivity index (χ2n) is 5.01. The van der Waals surface area contributed by atoms with E-state index in [0.717, 1.165) is 4.31 Å². The third kappa shape index (κ3) is 2.97. The molecule has 2 rings (SSSR count). The summed E-state index contributed by atoms with van der Waals surface area (Å²) in [5.74, 6) is -1.23. The quantitative estimate of drug-likeness (QED) is 0.752. The van der Waals surface area contributed by atoms with Gasteiger partial charge in [-0.2, -0.15) is 4.31 Å². The smallest absolute Gasteiger partial charge is 0.322 e. The van der Waals surface area contributed by atoms with E-state index in [2.05, 4.69) is 0 Å². The largest absolute Gasteiger partial charge is 0.480 e. The van der Waals surface area contributed by atoms with Crippen molar-refractivity contribution in [2.45, 2.75) is 36.4 Å². The predicted molar refractivity (Wildman–Crippen MR) is 75.8 cm³/mol. The molecule has 0 spiro atoms. The molecule has 2 saturated heterocycles. The van der Waals surface area contributed by atoms with Crippen molar-refractivity contribution < 1.29 is 26.7 Å². The number of carbonyl (C=O) groups is 1. The molecule has 0 aliphatic carbocycles. The minimum Gasteiger partial charge on any atom is -0.480 e. The van der Waals surface area contributed by atoms with E-state index in [9.17, 15) is 21.6 Å². The topological polar surface area (TPSA) is 109 Å². The number of hydrogen-bond acceptors (Lipinski definition) is 6. The fraction of sp³-hybridized carbons (Fsp3) is 0.900. The number of nitrogens with zero attached hydrogens (tertiary/aromatic N) is 1. The summed E-state index contributed by atoms with van der Waals surface area (Å²) >= 11 is 1.28.